The Morgan fingerprint density at radius 3 is 2.73 bits per heavy atom. The Kier molecular flexibility index (Phi) is 4.25. The van der Waals surface area contributed by atoms with Gasteiger partial charge in [0.2, 0.25) is 0 Å². The van der Waals surface area contributed by atoms with Gasteiger partial charge in [0, 0.05) is 40.9 Å². The van der Waals surface area contributed by atoms with Crippen molar-refractivity contribution in [2.75, 3.05) is 5.32 Å². The molecule has 0 aliphatic rings. The lowest BCUT2D eigenvalue weighted by Gasteiger charge is -2.13. The molecule has 0 aliphatic heterocycles. The number of hydrogen-bond acceptors (Lipinski definition) is 6. The van der Waals surface area contributed by atoms with E-state index in [1.165, 1.54) is 0 Å². The normalized spacial score (nSPS) is 10.8. The maximum atomic E-state index is 9.56. The van der Waals surface area contributed by atoms with Crippen molar-refractivity contribution in [1.29, 1.82) is 0 Å². The number of fused-ring (bicyclic) bond motifs is 1. The van der Waals surface area contributed by atoms with E-state index in [1.807, 2.05) is 49.4 Å². The topological polar surface area (TPSA) is 83.8 Å². The van der Waals surface area contributed by atoms with Crippen molar-refractivity contribution in [2.24, 2.45) is 0 Å². The van der Waals surface area contributed by atoms with E-state index in [4.69, 9.17) is 0 Å². The highest BCUT2D eigenvalue weighted by atomic mass is 16.3. The van der Waals surface area contributed by atoms with E-state index < -0.39 is 0 Å². The number of nitrogens with one attached hydrogen (secondary N) is 1. The third-order valence-corrected chi connectivity index (χ3v) is 4.08. The van der Waals surface area contributed by atoms with Crippen molar-refractivity contribution < 1.29 is 5.11 Å². The van der Waals surface area contributed by atoms with Crippen LogP contribution in [0.15, 0.2) is 61.1 Å². The number of pyridine rings is 4. The van der Waals surface area contributed by atoms with Crippen LogP contribution in [0.4, 0.5) is 11.4 Å². The molecular formula is C20H17N5O. The van der Waals surface area contributed by atoms with Crippen LogP contribution < -0.4 is 5.32 Å². The third-order valence-electron chi connectivity index (χ3n) is 4.08. The fraction of sp³-hybridized carbons (Fsp3) is 0.100. The van der Waals surface area contributed by atoms with E-state index in [0.717, 1.165) is 39.4 Å². The molecule has 26 heavy (non-hydrogen) atoms. The van der Waals surface area contributed by atoms with Crippen LogP contribution in [0.1, 0.15) is 11.3 Å². The Hall–Kier alpha value is -3.38. The zero-order valence-corrected chi connectivity index (χ0v) is 14.2. The zero-order chi connectivity index (χ0) is 17.9. The number of hydrogen-bond donors (Lipinski definition) is 2. The number of aromatic nitrogens is 4. The van der Waals surface area contributed by atoms with Gasteiger partial charge in [-0.1, -0.05) is 6.07 Å². The molecule has 4 aromatic rings. The maximum Gasteiger partial charge on any atom is 0.161 e. The molecule has 0 radical (unpaired) electrons. The van der Waals surface area contributed by atoms with Crippen LogP contribution in [0.5, 0.6) is 0 Å². The largest absolute Gasteiger partial charge is 0.392 e. The fourth-order valence-electron chi connectivity index (χ4n) is 2.80. The van der Waals surface area contributed by atoms with Crippen LogP contribution in [0.25, 0.3) is 22.4 Å². The molecule has 0 saturated carbocycles. The maximum absolute atomic E-state index is 9.56. The highest BCUT2D eigenvalue weighted by molar-refractivity contribution is 5.93. The average Bonchev–Trinajstić information content (AvgIpc) is 2.68. The van der Waals surface area contributed by atoms with E-state index in [0.29, 0.717) is 5.65 Å². The second-order valence-electron chi connectivity index (χ2n) is 5.91. The van der Waals surface area contributed by atoms with Gasteiger partial charge in [-0.25, -0.2) is 9.97 Å². The van der Waals surface area contributed by atoms with Crippen molar-refractivity contribution in [1.82, 2.24) is 19.9 Å². The van der Waals surface area contributed by atoms with Crippen LogP contribution in [-0.2, 0) is 6.61 Å². The van der Waals surface area contributed by atoms with Crippen LogP contribution in [0.2, 0.25) is 0 Å². The molecule has 2 N–H and O–H groups in total. The molecule has 128 valence electrons. The zero-order valence-electron chi connectivity index (χ0n) is 14.2. The van der Waals surface area contributed by atoms with Gasteiger partial charge in [0.1, 0.15) is 0 Å². The molecule has 0 aromatic carbocycles. The lowest BCUT2D eigenvalue weighted by Crippen LogP contribution is -2.00. The summed E-state index contributed by atoms with van der Waals surface area (Å²) < 4.78 is 0. The molecule has 0 bridgehead atoms. The summed E-state index contributed by atoms with van der Waals surface area (Å²) in [6.45, 7) is 1.86. The summed E-state index contributed by atoms with van der Waals surface area (Å²) in [5.74, 6) is 0. The molecule has 6 heteroatoms. The summed E-state index contributed by atoms with van der Waals surface area (Å²) in [6.07, 6.45) is 5.05. The lowest BCUT2D eigenvalue weighted by molar-refractivity contribution is 0.282. The highest BCUT2D eigenvalue weighted by Gasteiger charge is 2.11. The van der Waals surface area contributed by atoms with Crippen LogP contribution in [0.3, 0.4) is 0 Å². The highest BCUT2D eigenvalue weighted by Crippen LogP contribution is 2.30. The SMILES string of the molecule is Cc1cccc(-c2cc(Nc3ccncc3CO)c3cccnc3n2)n1. The van der Waals surface area contributed by atoms with Gasteiger partial charge in [-0.3, -0.25) is 9.97 Å². The van der Waals surface area contributed by atoms with E-state index >= 15 is 0 Å². The summed E-state index contributed by atoms with van der Waals surface area (Å²) in [4.78, 5) is 17.7. The molecule has 0 fully saturated rings. The standard InChI is InChI=1S/C20H17N5O/c1-13-4-2-6-17(23-13)19-10-18(15-5-3-8-22-20(15)25-19)24-16-7-9-21-11-14(16)12-26/h2-11,26H,12H2,1H3,(H,21,22,24,25). The Balaban J connectivity index is 1.87. The molecule has 4 aromatic heterocycles. The smallest absolute Gasteiger partial charge is 0.161 e. The first-order valence-electron chi connectivity index (χ1n) is 8.25. The van der Waals surface area contributed by atoms with E-state index in [1.54, 1.807) is 18.6 Å². The fourth-order valence-corrected chi connectivity index (χ4v) is 2.80. The first-order chi connectivity index (χ1) is 12.7. The molecule has 0 aliphatic carbocycles. The second-order valence-corrected chi connectivity index (χ2v) is 5.91. The van der Waals surface area contributed by atoms with Gasteiger partial charge in [0.25, 0.3) is 0 Å². The van der Waals surface area contributed by atoms with Crippen molar-refractivity contribution in [2.45, 2.75) is 13.5 Å². The van der Waals surface area contributed by atoms with E-state index in [2.05, 4.69) is 25.3 Å². The van der Waals surface area contributed by atoms with E-state index in [-0.39, 0.29) is 6.61 Å². The number of aliphatic hydroxyl groups is 1. The number of aliphatic hydroxyl groups excluding tert-OH is 1. The minimum Gasteiger partial charge on any atom is -0.392 e. The Labute approximate surface area is 150 Å². The first-order valence-corrected chi connectivity index (χ1v) is 8.25. The van der Waals surface area contributed by atoms with Gasteiger partial charge in [0.05, 0.1) is 23.7 Å². The van der Waals surface area contributed by atoms with Crippen molar-refractivity contribution in [3.05, 3.63) is 72.3 Å². The lowest BCUT2D eigenvalue weighted by atomic mass is 10.1. The van der Waals surface area contributed by atoms with Crippen LogP contribution in [-0.4, -0.2) is 25.0 Å². The molecule has 0 amide bonds. The molecule has 0 spiro atoms. The van der Waals surface area contributed by atoms with Gasteiger partial charge in [-0.15, -0.1) is 0 Å². The van der Waals surface area contributed by atoms with Crippen molar-refractivity contribution >= 4 is 22.4 Å². The minimum absolute atomic E-state index is 0.0935. The minimum atomic E-state index is -0.0935. The Bertz CT molecular complexity index is 1080. The molecule has 0 saturated heterocycles. The summed E-state index contributed by atoms with van der Waals surface area (Å²) in [7, 11) is 0. The summed E-state index contributed by atoms with van der Waals surface area (Å²) in [6, 6.07) is 13.5. The van der Waals surface area contributed by atoms with Gasteiger partial charge < -0.3 is 10.4 Å². The third kappa shape index (κ3) is 3.10. The molecule has 4 heterocycles. The van der Waals surface area contributed by atoms with Crippen molar-refractivity contribution in [3.63, 3.8) is 0 Å². The average molecular weight is 343 g/mol. The van der Waals surface area contributed by atoms with E-state index in [9.17, 15) is 5.11 Å². The molecular weight excluding hydrogens is 326 g/mol. The van der Waals surface area contributed by atoms with Crippen molar-refractivity contribution in [3.8, 4) is 11.4 Å². The molecule has 0 unspecified atom stereocenters. The molecule has 0 atom stereocenters. The van der Waals surface area contributed by atoms with Gasteiger partial charge in [-0.2, -0.15) is 0 Å². The summed E-state index contributed by atoms with van der Waals surface area (Å²) in [5.41, 5.74) is 5.45. The number of nitrogens with zero attached hydrogens (tertiary/aromatic N) is 4. The summed E-state index contributed by atoms with van der Waals surface area (Å²) in [5, 5.41) is 13.8. The number of anilines is 2. The molecule has 6 nitrogen and oxygen atoms in total. The van der Waals surface area contributed by atoms with Gasteiger partial charge in [0.15, 0.2) is 5.65 Å². The number of aryl methyl sites for hydroxylation is 1. The predicted molar refractivity (Wildman–Crippen MR) is 101 cm³/mol. The summed E-state index contributed by atoms with van der Waals surface area (Å²) >= 11 is 0. The van der Waals surface area contributed by atoms with Crippen LogP contribution >= 0.6 is 0 Å². The predicted octanol–water partition coefficient (Wildman–Crippen LogP) is 3.63. The monoisotopic (exact) mass is 343 g/mol. The van der Waals surface area contributed by atoms with Gasteiger partial charge in [-0.05, 0) is 43.3 Å². The first kappa shape index (κ1) is 16.1. The quantitative estimate of drug-likeness (QED) is 0.589. The van der Waals surface area contributed by atoms with Gasteiger partial charge >= 0.3 is 0 Å². The molecule has 4 rings (SSSR count). The Morgan fingerprint density at radius 1 is 0.962 bits per heavy atom. The van der Waals surface area contributed by atoms with Crippen LogP contribution in [0, 0.1) is 6.92 Å². The number of rotatable bonds is 4. The second kappa shape index (κ2) is 6.85. The Morgan fingerprint density at radius 2 is 1.88 bits per heavy atom.